The molecule has 0 saturated carbocycles. The van der Waals surface area contributed by atoms with E-state index in [2.05, 4.69) is 5.32 Å². The van der Waals surface area contributed by atoms with Crippen molar-refractivity contribution in [2.45, 2.75) is 12.5 Å². The van der Waals surface area contributed by atoms with Crippen LogP contribution in [0.5, 0.6) is 0 Å². The summed E-state index contributed by atoms with van der Waals surface area (Å²) >= 11 is 0. The lowest BCUT2D eigenvalue weighted by Gasteiger charge is -2.12. The van der Waals surface area contributed by atoms with Crippen molar-refractivity contribution in [3.63, 3.8) is 0 Å². The summed E-state index contributed by atoms with van der Waals surface area (Å²) in [5.41, 5.74) is 1.39. The molecular formula is C17H15F2NO. The summed E-state index contributed by atoms with van der Waals surface area (Å²) in [6, 6.07) is 17.6. The Morgan fingerprint density at radius 3 is 2.19 bits per heavy atom. The highest BCUT2D eigenvalue weighted by molar-refractivity contribution is 5.86. The van der Waals surface area contributed by atoms with Crippen LogP contribution in [0.2, 0.25) is 0 Å². The van der Waals surface area contributed by atoms with Gasteiger partial charge in [0.1, 0.15) is 0 Å². The average molecular weight is 287 g/mol. The van der Waals surface area contributed by atoms with E-state index in [0.29, 0.717) is 11.6 Å². The van der Waals surface area contributed by atoms with E-state index in [4.69, 9.17) is 0 Å². The van der Waals surface area contributed by atoms with Crippen LogP contribution >= 0.6 is 0 Å². The number of carbonyl (C=O) groups excluding carboxylic acids is 1. The van der Waals surface area contributed by atoms with Crippen molar-refractivity contribution in [3.8, 4) is 0 Å². The number of nitrogens with one attached hydrogen (secondary N) is 1. The second-order valence-electron chi connectivity index (χ2n) is 4.54. The number of hydrogen-bond donors (Lipinski definition) is 1. The molecule has 1 amide bonds. The first-order chi connectivity index (χ1) is 10.1. The number of carbonyl (C=O) groups is 1. The van der Waals surface area contributed by atoms with Gasteiger partial charge in [0.05, 0.1) is 0 Å². The van der Waals surface area contributed by atoms with Crippen molar-refractivity contribution < 1.29 is 13.6 Å². The van der Waals surface area contributed by atoms with Gasteiger partial charge in [-0.05, 0) is 17.2 Å². The average Bonchev–Trinajstić information content (AvgIpc) is 2.52. The van der Waals surface area contributed by atoms with Gasteiger partial charge in [0.25, 0.3) is 5.91 Å². The minimum Gasteiger partial charge on any atom is -0.346 e. The fraction of sp³-hybridized carbons (Fsp3) is 0.118. The van der Waals surface area contributed by atoms with Gasteiger partial charge in [0.15, 0.2) is 0 Å². The maximum atomic E-state index is 13.7. The molecule has 0 aliphatic carbocycles. The van der Waals surface area contributed by atoms with E-state index in [-0.39, 0.29) is 6.54 Å². The molecule has 0 heterocycles. The zero-order valence-corrected chi connectivity index (χ0v) is 11.3. The monoisotopic (exact) mass is 287 g/mol. The van der Waals surface area contributed by atoms with Gasteiger partial charge in [-0.15, -0.1) is 0 Å². The highest BCUT2D eigenvalue weighted by Gasteiger charge is 2.35. The number of amides is 1. The topological polar surface area (TPSA) is 29.1 Å². The molecule has 0 bridgehead atoms. The first-order valence-electron chi connectivity index (χ1n) is 6.52. The third-order valence-corrected chi connectivity index (χ3v) is 2.88. The summed E-state index contributed by atoms with van der Waals surface area (Å²) in [5, 5.41) is 2.24. The molecule has 0 radical (unpaired) electrons. The molecule has 0 aromatic heterocycles. The third-order valence-electron chi connectivity index (χ3n) is 2.88. The molecule has 0 atom stereocenters. The molecule has 4 heteroatoms. The predicted octanol–water partition coefficient (Wildman–Crippen LogP) is 3.65. The third kappa shape index (κ3) is 4.53. The lowest BCUT2D eigenvalue weighted by Crippen LogP contribution is -2.38. The van der Waals surface area contributed by atoms with Crippen molar-refractivity contribution in [2.24, 2.45) is 0 Å². The second-order valence-corrected chi connectivity index (χ2v) is 4.54. The number of rotatable bonds is 5. The molecular weight excluding hydrogens is 272 g/mol. The lowest BCUT2D eigenvalue weighted by molar-refractivity contribution is -0.139. The minimum absolute atomic E-state index is 0.0778. The van der Waals surface area contributed by atoms with Crippen LogP contribution in [0, 0.1) is 0 Å². The van der Waals surface area contributed by atoms with E-state index < -0.39 is 11.8 Å². The zero-order chi connectivity index (χ0) is 15.1. The van der Waals surface area contributed by atoms with Gasteiger partial charge < -0.3 is 5.32 Å². The molecule has 21 heavy (non-hydrogen) atoms. The van der Waals surface area contributed by atoms with Crippen LogP contribution in [0.1, 0.15) is 11.1 Å². The molecule has 2 aromatic carbocycles. The van der Waals surface area contributed by atoms with Crippen molar-refractivity contribution >= 4 is 12.0 Å². The van der Waals surface area contributed by atoms with Crippen molar-refractivity contribution in [2.75, 3.05) is 0 Å². The normalized spacial score (nSPS) is 11.5. The van der Waals surface area contributed by atoms with Gasteiger partial charge in [-0.1, -0.05) is 66.7 Å². The Hall–Kier alpha value is -2.49. The van der Waals surface area contributed by atoms with Crippen LogP contribution in [0.3, 0.4) is 0 Å². The van der Waals surface area contributed by atoms with Crippen LogP contribution in [0.25, 0.3) is 6.08 Å². The summed E-state index contributed by atoms with van der Waals surface area (Å²) in [5.74, 6) is -4.84. The van der Waals surface area contributed by atoms with Crippen molar-refractivity contribution in [3.05, 3.63) is 77.9 Å². The molecule has 0 fully saturated rings. The van der Waals surface area contributed by atoms with E-state index in [1.165, 1.54) is 6.08 Å². The van der Waals surface area contributed by atoms with E-state index in [1.807, 2.05) is 6.07 Å². The summed E-state index contributed by atoms with van der Waals surface area (Å²) < 4.78 is 27.4. The Labute approximate surface area is 122 Å². The molecule has 0 unspecified atom stereocenters. The maximum absolute atomic E-state index is 13.7. The standard InChI is InChI=1S/C17H15F2NO/c18-17(19,12-11-14-7-3-1-4-8-14)16(21)20-13-15-9-5-2-6-10-15/h1-12H,13H2,(H,20,21). The van der Waals surface area contributed by atoms with Crippen molar-refractivity contribution in [1.82, 2.24) is 5.32 Å². The lowest BCUT2D eigenvalue weighted by atomic mass is 10.1. The number of alkyl halides is 2. The predicted molar refractivity (Wildman–Crippen MR) is 78.7 cm³/mol. The molecule has 0 saturated heterocycles. The Balaban J connectivity index is 1.95. The molecule has 2 rings (SSSR count). The molecule has 2 nitrogen and oxygen atoms in total. The quantitative estimate of drug-likeness (QED) is 0.893. The Bertz CT molecular complexity index is 609. The van der Waals surface area contributed by atoms with E-state index in [9.17, 15) is 13.6 Å². The first-order valence-corrected chi connectivity index (χ1v) is 6.52. The van der Waals surface area contributed by atoms with Gasteiger partial charge >= 0.3 is 5.92 Å². The first kappa shape index (κ1) is 14.9. The van der Waals surface area contributed by atoms with Crippen LogP contribution in [0.4, 0.5) is 8.78 Å². The van der Waals surface area contributed by atoms with Crippen LogP contribution < -0.4 is 5.32 Å². The van der Waals surface area contributed by atoms with Gasteiger partial charge in [-0.25, -0.2) is 0 Å². The Kier molecular flexibility index (Phi) is 4.82. The van der Waals surface area contributed by atoms with Gasteiger partial charge in [-0.2, -0.15) is 8.78 Å². The second kappa shape index (κ2) is 6.79. The fourth-order valence-electron chi connectivity index (χ4n) is 1.74. The van der Waals surface area contributed by atoms with E-state index in [0.717, 1.165) is 5.56 Å². The largest absolute Gasteiger partial charge is 0.346 e. The summed E-state index contributed by atoms with van der Waals surface area (Å²) in [6.45, 7) is 0.0778. The summed E-state index contributed by atoms with van der Waals surface area (Å²) in [4.78, 5) is 11.5. The number of benzene rings is 2. The SMILES string of the molecule is O=C(NCc1ccccc1)C(F)(F)C=Cc1ccccc1. The summed E-state index contributed by atoms with van der Waals surface area (Å²) in [7, 11) is 0. The van der Waals surface area contributed by atoms with E-state index >= 15 is 0 Å². The Morgan fingerprint density at radius 2 is 1.57 bits per heavy atom. The maximum Gasteiger partial charge on any atom is 0.343 e. The summed E-state index contributed by atoms with van der Waals surface area (Å²) in [6.07, 6.45) is 1.85. The molecule has 0 aliphatic rings. The molecule has 0 aliphatic heterocycles. The van der Waals surface area contributed by atoms with Gasteiger partial charge in [0, 0.05) is 6.54 Å². The molecule has 0 spiro atoms. The molecule has 2 aromatic rings. The van der Waals surface area contributed by atoms with Gasteiger partial charge in [-0.3, -0.25) is 4.79 Å². The highest BCUT2D eigenvalue weighted by Crippen LogP contribution is 2.17. The zero-order valence-electron chi connectivity index (χ0n) is 11.3. The molecule has 1 N–H and O–H groups in total. The van der Waals surface area contributed by atoms with Crippen LogP contribution in [-0.4, -0.2) is 11.8 Å². The minimum atomic E-state index is -3.54. The van der Waals surface area contributed by atoms with Crippen molar-refractivity contribution in [1.29, 1.82) is 0 Å². The number of halogens is 2. The Morgan fingerprint density at radius 1 is 1.00 bits per heavy atom. The van der Waals surface area contributed by atoms with Crippen LogP contribution in [-0.2, 0) is 11.3 Å². The smallest absolute Gasteiger partial charge is 0.343 e. The van der Waals surface area contributed by atoms with Crippen LogP contribution in [0.15, 0.2) is 66.7 Å². The number of hydrogen-bond acceptors (Lipinski definition) is 1. The molecule has 108 valence electrons. The highest BCUT2D eigenvalue weighted by atomic mass is 19.3. The van der Waals surface area contributed by atoms with E-state index in [1.54, 1.807) is 54.6 Å². The fourth-order valence-corrected chi connectivity index (χ4v) is 1.74. The van der Waals surface area contributed by atoms with Gasteiger partial charge in [0.2, 0.25) is 0 Å².